The van der Waals surface area contributed by atoms with E-state index in [9.17, 15) is 4.79 Å². The molecule has 0 aromatic heterocycles. The Hall–Kier alpha value is -1.04. The standard InChI is InChI=1S/C15H18Cl2N2O2S/c16-10-6-7-13(12(17)8-10)21-9-14(20)19-15(22)18-11-4-2-1-3-5-11/h6-8,11H,1-5,9H2,(H2,18,19,20,22). The molecule has 0 unspecified atom stereocenters. The first kappa shape index (κ1) is 17.3. The Morgan fingerprint density at radius 2 is 2.00 bits per heavy atom. The van der Waals surface area contributed by atoms with Crippen molar-refractivity contribution in [1.82, 2.24) is 10.6 Å². The van der Waals surface area contributed by atoms with Crippen molar-refractivity contribution in [3.8, 4) is 5.75 Å². The molecule has 1 amide bonds. The SMILES string of the molecule is O=C(COc1ccc(Cl)cc1Cl)NC(=S)NC1CCCCC1. The molecule has 2 N–H and O–H groups in total. The number of halogens is 2. The maximum atomic E-state index is 11.8. The van der Waals surface area contributed by atoms with Gasteiger partial charge in [-0.3, -0.25) is 4.79 Å². The van der Waals surface area contributed by atoms with Crippen LogP contribution in [-0.2, 0) is 4.79 Å². The molecular weight excluding hydrogens is 343 g/mol. The van der Waals surface area contributed by atoms with Crippen molar-refractivity contribution < 1.29 is 9.53 Å². The van der Waals surface area contributed by atoms with Gasteiger partial charge in [-0.25, -0.2) is 0 Å². The lowest BCUT2D eigenvalue weighted by molar-refractivity contribution is -0.121. The number of nitrogens with one attached hydrogen (secondary N) is 2. The third-order valence-corrected chi connectivity index (χ3v) is 4.20. The van der Waals surface area contributed by atoms with Gasteiger partial charge in [0.1, 0.15) is 5.75 Å². The van der Waals surface area contributed by atoms with Crippen LogP contribution in [0.3, 0.4) is 0 Å². The van der Waals surface area contributed by atoms with E-state index in [2.05, 4.69) is 10.6 Å². The molecule has 0 bridgehead atoms. The van der Waals surface area contributed by atoms with Crippen molar-refractivity contribution >= 4 is 46.4 Å². The molecule has 1 saturated carbocycles. The van der Waals surface area contributed by atoms with E-state index in [1.807, 2.05) is 0 Å². The average molecular weight is 361 g/mol. The van der Waals surface area contributed by atoms with Gasteiger partial charge in [-0.15, -0.1) is 0 Å². The molecule has 0 heterocycles. The van der Waals surface area contributed by atoms with Crippen LogP contribution in [0, 0.1) is 0 Å². The van der Waals surface area contributed by atoms with E-state index < -0.39 is 0 Å². The van der Waals surface area contributed by atoms with Crippen LogP contribution in [0.15, 0.2) is 18.2 Å². The van der Waals surface area contributed by atoms with Crippen LogP contribution >= 0.6 is 35.4 Å². The van der Waals surface area contributed by atoms with Crippen molar-refractivity contribution in [2.75, 3.05) is 6.61 Å². The predicted octanol–water partition coefficient (Wildman–Crippen LogP) is 3.70. The highest BCUT2D eigenvalue weighted by Gasteiger charge is 2.15. The molecule has 0 spiro atoms. The van der Waals surface area contributed by atoms with E-state index in [1.54, 1.807) is 18.2 Å². The molecule has 1 aromatic carbocycles. The van der Waals surface area contributed by atoms with E-state index in [4.69, 9.17) is 40.2 Å². The summed E-state index contributed by atoms with van der Waals surface area (Å²) >= 11 is 16.9. The zero-order valence-corrected chi connectivity index (χ0v) is 14.4. The number of amides is 1. The van der Waals surface area contributed by atoms with Gasteiger partial charge in [-0.05, 0) is 43.3 Å². The van der Waals surface area contributed by atoms with Gasteiger partial charge in [0.05, 0.1) is 5.02 Å². The number of hydrogen-bond acceptors (Lipinski definition) is 3. The van der Waals surface area contributed by atoms with Gasteiger partial charge in [-0.1, -0.05) is 42.5 Å². The molecular formula is C15H18Cl2N2O2S. The largest absolute Gasteiger partial charge is 0.482 e. The van der Waals surface area contributed by atoms with Crippen LogP contribution in [0.5, 0.6) is 5.75 Å². The van der Waals surface area contributed by atoms with Gasteiger partial charge in [0.15, 0.2) is 11.7 Å². The van der Waals surface area contributed by atoms with Crippen molar-refractivity contribution in [1.29, 1.82) is 0 Å². The third-order valence-electron chi connectivity index (χ3n) is 3.45. The van der Waals surface area contributed by atoms with Gasteiger partial charge >= 0.3 is 0 Å². The summed E-state index contributed by atoms with van der Waals surface area (Å²) in [5, 5.41) is 7.01. The van der Waals surface area contributed by atoms with E-state index in [0.717, 1.165) is 12.8 Å². The number of carbonyl (C=O) groups excluding carboxylic acids is 1. The Kier molecular flexibility index (Phi) is 6.73. The summed E-state index contributed by atoms with van der Waals surface area (Å²) in [5.74, 6) is 0.0895. The molecule has 0 aliphatic heterocycles. The Balaban J connectivity index is 1.73. The van der Waals surface area contributed by atoms with Crippen LogP contribution in [-0.4, -0.2) is 23.7 Å². The van der Waals surface area contributed by atoms with E-state index in [0.29, 0.717) is 26.9 Å². The van der Waals surface area contributed by atoms with Crippen LogP contribution < -0.4 is 15.4 Å². The number of rotatable bonds is 4. The quantitative estimate of drug-likeness (QED) is 0.803. The Labute approximate surface area is 145 Å². The smallest absolute Gasteiger partial charge is 0.264 e. The Bertz CT molecular complexity index is 548. The maximum absolute atomic E-state index is 11.8. The lowest BCUT2D eigenvalue weighted by Crippen LogP contribution is -2.46. The monoisotopic (exact) mass is 360 g/mol. The first-order chi connectivity index (χ1) is 10.5. The topological polar surface area (TPSA) is 50.4 Å². The fourth-order valence-electron chi connectivity index (χ4n) is 2.37. The lowest BCUT2D eigenvalue weighted by atomic mass is 9.96. The minimum absolute atomic E-state index is 0.159. The molecule has 0 atom stereocenters. The Morgan fingerprint density at radius 1 is 1.27 bits per heavy atom. The second kappa shape index (κ2) is 8.56. The number of carbonyl (C=O) groups is 1. The van der Waals surface area contributed by atoms with E-state index >= 15 is 0 Å². The van der Waals surface area contributed by atoms with Crippen LogP contribution in [0.1, 0.15) is 32.1 Å². The van der Waals surface area contributed by atoms with Crippen molar-refractivity contribution in [3.63, 3.8) is 0 Å². The summed E-state index contributed by atoms with van der Waals surface area (Å²) in [5.41, 5.74) is 0. The Morgan fingerprint density at radius 3 is 2.68 bits per heavy atom. The molecule has 7 heteroatoms. The first-order valence-electron chi connectivity index (χ1n) is 7.23. The summed E-state index contributed by atoms with van der Waals surface area (Å²) in [6, 6.07) is 5.19. The summed E-state index contributed by atoms with van der Waals surface area (Å²) in [6.07, 6.45) is 5.85. The second-order valence-corrected chi connectivity index (χ2v) is 6.47. The lowest BCUT2D eigenvalue weighted by Gasteiger charge is -2.24. The number of hydrogen-bond donors (Lipinski definition) is 2. The highest BCUT2D eigenvalue weighted by molar-refractivity contribution is 7.80. The fourth-order valence-corrected chi connectivity index (χ4v) is 3.11. The third kappa shape index (κ3) is 5.63. The fraction of sp³-hybridized carbons (Fsp3) is 0.467. The van der Waals surface area contributed by atoms with Gasteiger partial charge in [0.25, 0.3) is 5.91 Å². The van der Waals surface area contributed by atoms with Gasteiger partial charge in [-0.2, -0.15) is 0 Å². The normalized spacial score (nSPS) is 15.2. The predicted molar refractivity (Wildman–Crippen MR) is 92.7 cm³/mol. The molecule has 1 aliphatic rings. The molecule has 1 aliphatic carbocycles. The van der Waals surface area contributed by atoms with Gasteiger partial charge in [0, 0.05) is 11.1 Å². The molecule has 4 nitrogen and oxygen atoms in total. The minimum atomic E-state index is -0.320. The minimum Gasteiger partial charge on any atom is -0.482 e. The van der Waals surface area contributed by atoms with Crippen LogP contribution in [0.2, 0.25) is 10.0 Å². The highest BCUT2D eigenvalue weighted by Crippen LogP contribution is 2.27. The molecule has 120 valence electrons. The number of thiocarbonyl (C=S) groups is 1. The maximum Gasteiger partial charge on any atom is 0.264 e. The molecule has 22 heavy (non-hydrogen) atoms. The summed E-state index contributed by atoms with van der Waals surface area (Å²) in [7, 11) is 0. The molecule has 1 aromatic rings. The average Bonchev–Trinajstić information content (AvgIpc) is 2.47. The first-order valence-corrected chi connectivity index (χ1v) is 8.39. The van der Waals surface area contributed by atoms with Gasteiger partial charge in [0.2, 0.25) is 0 Å². The van der Waals surface area contributed by atoms with Gasteiger partial charge < -0.3 is 15.4 Å². The molecule has 0 saturated heterocycles. The molecule has 2 rings (SSSR count). The number of ether oxygens (including phenoxy) is 1. The van der Waals surface area contributed by atoms with Crippen molar-refractivity contribution in [2.45, 2.75) is 38.1 Å². The molecule has 1 fully saturated rings. The summed E-state index contributed by atoms with van der Waals surface area (Å²) in [6.45, 7) is -0.159. The second-order valence-electron chi connectivity index (χ2n) is 5.22. The van der Waals surface area contributed by atoms with Crippen molar-refractivity contribution in [3.05, 3.63) is 28.2 Å². The van der Waals surface area contributed by atoms with Crippen LogP contribution in [0.4, 0.5) is 0 Å². The summed E-state index contributed by atoms with van der Waals surface area (Å²) in [4.78, 5) is 11.8. The van der Waals surface area contributed by atoms with E-state index in [1.165, 1.54) is 19.3 Å². The summed E-state index contributed by atoms with van der Waals surface area (Å²) < 4.78 is 5.35. The van der Waals surface area contributed by atoms with E-state index in [-0.39, 0.29) is 12.5 Å². The molecule has 0 radical (unpaired) electrons. The highest BCUT2D eigenvalue weighted by atomic mass is 35.5. The zero-order valence-electron chi connectivity index (χ0n) is 12.0. The zero-order chi connectivity index (χ0) is 15.9. The number of benzene rings is 1. The van der Waals surface area contributed by atoms with Crippen LogP contribution in [0.25, 0.3) is 0 Å². The van der Waals surface area contributed by atoms with Crippen molar-refractivity contribution in [2.24, 2.45) is 0 Å².